The highest BCUT2D eigenvalue weighted by molar-refractivity contribution is 6.53. The molecule has 0 atom stereocenters. The van der Waals surface area contributed by atoms with Crippen molar-refractivity contribution in [2.45, 2.75) is 58.8 Å². The lowest BCUT2D eigenvalue weighted by Crippen LogP contribution is -2.26. The smallest absolute Gasteiger partial charge is 0.318 e. The molecule has 0 bridgehead atoms. The van der Waals surface area contributed by atoms with Crippen LogP contribution < -0.4 is 0 Å². The number of nitrogens with zero attached hydrogens (tertiary/aromatic N) is 1. The second-order valence-corrected chi connectivity index (χ2v) is 10.2. The lowest BCUT2D eigenvalue weighted by atomic mass is 9.71. The molecule has 0 saturated heterocycles. The molecule has 0 aliphatic heterocycles. The number of hydrogen-bond donors (Lipinski definition) is 0. The third kappa shape index (κ3) is 4.24. The summed E-state index contributed by atoms with van der Waals surface area (Å²) in [7, 11) is 0. The SMILES string of the molecule is CCCC1(CCC)c2ccccc2-c2ccc(C(=O)/C(=N/OC(C)=O)c3c(C)ccc4ccccc34)cc21. The molecule has 4 aromatic rings. The minimum atomic E-state index is -0.567. The van der Waals surface area contributed by atoms with Crippen molar-refractivity contribution in [2.24, 2.45) is 5.16 Å². The van der Waals surface area contributed by atoms with E-state index in [1.807, 2.05) is 49.4 Å². The highest BCUT2D eigenvalue weighted by Gasteiger charge is 2.42. The zero-order valence-electron chi connectivity index (χ0n) is 22.5. The molecule has 4 aromatic carbocycles. The first-order valence-corrected chi connectivity index (χ1v) is 13.4. The van der Waals surface area contributed by atoms with Crippen LogP contribution in [0, 0.1) is 6.92 Å². The summed E-state index contributed by atoms with van der Waals surface area (Å²) in [5.41, 5.74) is 7.13. The lowest BCUT2D eigenvalue weighted by molar-refractivity contribution is -0.140. The largest absolute Gasteiger partial charge is 0.332 e. The number of carbonyl (C=O) groups is 2. The van der Waals surface area contributed by atoms with Gasteiger partial charge in [-0.25, -0.2) is 4.79 Å². The highest BCUT2D eigenvalue weighted by atomic mass is 16.7. The topological polar surface area (TPSA) is 55.7 Å². The van der Waals surface area contributed by atoms with Crippen LogP contribution in [0.4, 0.5) is 0 Å². The van der Waals surface area contributed by atoms with Crippen molar-refractivity contribution in [2.75, 3.05) is 0 Å². The maximum absolute atomic E-state index is 14.2. The zero-order valence-corrected chi connectivity index (χ0v) is 22.5. The van der Waals surface area contributed by atoms with E-state index in [9.17, 15) is 9.59 Å². The summed E-state index contributed by atoms with van der Waals surface area (Å²) < 4.78 is 0. The minimum absolute atomic E-state index is 0.131. The van der Waals surface area contributed by atoms with Gasteiger partial charge in [0.25, 0.3) is 0 Å². The molecule has 1 aliphatic carbocycles. The van der Waals surface area contributed by atoms with Crippen LogP contribution in [-0.2, 0) is 15.0 Å². The first-order chi connectivity index (χ1) is 18.4. The van der Waals surface area contributed by atoms with Gasteiger partial charge in [0.05, 0.1) is 0 Å². The third-order valence-corrected chi connectivity index (χ3v) is 7.74. The van der Waals surface area contributed by atoms with Crippen LogP contribution >= 0.6 is 0 Å². The summed E-state index contributed by atoms with van der Waals surface area (Å²) in [6.07, 6.45) is 4.11. The Balaban J connectivity index is 1.70. The Morgan fingerprint density at radius 3 is 2.24 bits per heavy atom. The number of aryl methyl sites for hydroxylation is 1. The third-order valence-electron chi connectivity index (χ3n) is 7.74. The van der Waals surface area contributed by atoms with Crippen molar-refractivity contribution < 1.29 is 14.4 Å². The summed E-state index contributed by atoms with van der Waals surface area (Å²) in [6.45, 7) is 7.68. The summed E-state index contributed by atoms with van der Waals surface area (Å²) in [6, 6.07) is 26.5. The van der Waals surface area contributed by atoms with Gasteiger partial charge in [-0.3, -0.25) is 4.79 Å². The molecule has 4 nitrogen and oxygen atoms in total. The fraction of sp³-hybridized carbons (Fsp3) is 0.265. The molecule has 0 unspecified atom stereocenters. The van der Waals surface area contributed by atoms with E-state index < -0.39 is 5.97 Å². The van der Waals surface area contributed by atoms with Crippen LogP contribution in [0.3, 0.4) is 0 Å². The van der Waals surface area contributed by atoms with E-state index in [0.717, 1.165) is 42.0 Å². The second kappa shape index (κ2) is 10.4. The monoisotopic (exact) mass is 503 g/mol. The van der Waals surface area contributed by atoms with E-state index in [1.54, 1.807) is 0 Å². The molecular weight excluding hydrogens is 470 g/mol. The zero-order chi connectivity index (χ0) is 26.9. The standard InChI is InChI=1S/C34H33NO3/c1-5-19-34(20-6-2)29-14-10-9-13-27(29)28-18-17-25(21-30(28)34)33(37)32(35-38-23(4)36)31-22(3)15-16-24-11-7-8-12-26(24)31/h7-18,21H,5-6,19-20H2,1-4H3/b35-32+. The molecule has 0 spiro atoms. The molecule has 5 rings (SSSR count). The number of Topliss-reactive ketones (excluding diaryl/α,β-unsaturated/α-hetero) is 1. The van der Waals surface area contributed by atoms with Gasteiger partial charge in [-0.15, -0.1) is 0 Å². The van der Waals surface area contributed by atoms with Gasteiger partial charge in [0.1, 0.15) is 0 Å². The van der Waals surface area contributed by atoms with Gasteiger partial charge >= 0.3 is 5.97 Å². The Hall–Kier alpha value is -4.05. The number of ketones is 1. The quantitative estimate of drug-likeness (QED) is 0.105. The Bertz CT molecular complexity index is 1570. The predicted molar refractivity (Wildman–Crippen MR) is 154 cm³/mol. The molecule has 0 aromatic heterocycles. The molecule has 38 heavy (non-hydrogen) atoms. The Morgan fingerprint density at radius 2 is 1.50 bits per heavy atom. The fourth-order valence-electron chi connectivity index (χ4n) is 6.26. The summed E-state index contributed by atoms with van der Waals surface area (Å²) in [5, 5.41) is 6.03. The number of benzene rings is 4. The van der Waals surface area contributed by atoms with Crippen molar-refractivity contribution in [1.82, 2.24) is 0 Å². The summed E-state index contributed by atoms with van der Waals surface area (Å²) >= 11 is 0. The van der Waals surface area contributed by atoms with Crippen molar-refractivity contribution in [1.29, 1.82) is 0 Å². The molecular formula is C34H33NO3. The van der Waals surface area contributed by atoms with Crippen LogP contribution in [0.5, 0.6) is 0 Å². The predicted octanol–water partition coefficient (Wildman–Crippen LogP) is 8.17. The Labute approximate surface area is 224 Å². The minimum Gasteiger partial charge on any atom is -0.318 e. The molecule has 1 aliphatic rings. The van der Waals surface area contributed by atoms with Gasteiger partial charge in [-0.2, -0.15) is 0 Å². The van der Waals surface area contributed by atoms with E-state index in [0.29, 0.717) is 11.1 Å². The maximum atomic E-state index is 14.2. The Kier molecular flexibility index (Phi) is 6.98. The van der Waals surface area contributed by atoms with Crippen LogP contribution in [0.2, 0.25) is 0 Å². The molecule has 0 N–H and O–H groups in total. The second-order valence-electron chi connectivity index (χ2n) is 10.2. The van der Waals surface area contributed by atoms with E-state index in [2.05, 4.69) is 55.4 Å². The summed E-state index contributed by atoms with van der Waals surface area (Å²) in [4.78, 5) is 31.1. The van der Waals surface area contributed by atoms with Crippen LogP contribution in [0.15, 0.2) is 84.0 Å². The molecule has 0 fully saturated rings. The van der Waals surface area contributed by atoms with Crippen molar-refractivity contribution in [3.8, 4) is 11.1 Å². The first kappa shape index (κ1) is 25.6. The van der Waals surface area contributed by atoms with Gasteiger partial charge < -0.3 is 4.84 Å². The van der Waals surface area contributed by atoms with Crippen LogP contribution in [0.25, 0.3) is 21.9 Å². The Morgan fingerprint density at radius 1 is 0.816 bits per heavy atom. The van der Waals surface area contributed by atoms with Gasteiger partial charge in [-0.05, 0) is 64.4 Å². The van der Waals surface area contributed by atoms with Gasteiger partial charge in [0.15, 0.2) is 5.71 Å². The molecule has 0 heterocycles. The average molecular weight is 504 g/mol. The van der Waals surface area contributed by atoms with Crippen molar-refractivity contribution in [3.05, 3.63) is 107 Å². The number of carbonyl (C=O) groups excluding carboxylic acids is 2. The number of fused-ring (bicyclic) bond motifs is 4. The average Bonchev–Trinajstić information content (AvgIpc) is 3.19. The fourth-order valence-corrected chi connectivity index (χ4v) is 6.26. The van der Waals surface area contributed by atoms with Crippen molar-refractivity contribution >= 4 is 28.2 Å². The molecule has 0 saturated carbocycles. The van der Waals surface area contributed by atoms with Crippen LogP contribution in [-0.4, -0.2) is 17.5 Å². The van der Waals surface area contributed by atoms with Gasteiger partial charge in [0.2, 0.25) is 5.78 Å². The van der Waals surface area contributed by atoms with E-state index in [-0.39, 0.29) is 16.9 Å². The van der Waals surface area contributed by atoms with E-state index in [1.165, 1.54) is 29.2 Å². The molecule has 192 valence electrons. The van der Waals surface area contributed by atoms with E-state index >= 15 is 0 Å². The van der Waals surface area contributed by atoms with Crippen molar-refractivity contribution in [3.63, 3.8) is 0 Å². The molecule has 4 heteroatoms. The lowest BCUT2D eigenvalue weighted by Gasteiger charge is -2.32. The number of oxime groups is 1. The molecule has 0 amide bonds. The highest BCUT2D eigenvalue weighted by Crippen LogP contribution is 2.53. The number of hydrogen-bond acceptors (Lipinski definition) is 4. The summed E-state index contributed by atoms with van der Waals surface area (Å²) in [5.74, 6) is -0.825. The normalized spacial score (nSPS) is 13.7. The number of rotatable bonds is 8. The first-order valence-electron chi connectivity index (χ1n) is 13.4. The van der Waals surface area contributed by atoms with Crippen LogP contribution in [0.1, 0.15) is 79.1 Å². The maximum Gasteiger partial charge on any atom is 0.332 e. The van der Waals surface area contributed by atoms with Gasteiger partial charge in [-0.1, -0.05) is 105 Å². The van der Waals surface area contributed by atoms with Gasteiger partial charge in [0, 0.05) is 23.5 Å². The molecule has 0 radical (unpaired) electrons. The van der Waals surface area contributed by atoms with E-state index in [4.69, 9.17) is 4.84 Å².